The van der Waals surface area contributed by atoms with Crippen LogP contribution in [0, 0.1) is 0 Å². The summed E-state index contributed by atoms with van der Waals surface area (Å²) in [5.41, 5.74) is 4.51. The highest BCUT2D eigenvalue weighted by atomic mass is 16.2. The number of nitrogens with zero attached hydrogens (tertiary/aromatic N) is 5. The fourth-order valence-corrected chi connectivity index (χ4v) is 4.06. The largest absolute Gasteiger partial charge is 0.368 e. The van der Waals surface area contributed by atoms with Crippen LogP contribution in [0.1, 0.15) is 10.4 Å². The normalized spacial score (nSPS) is 14.3. The number of pyridine rings is 1. The van der Waals surface area contributed by atoms with E-state index in [1.807, 2.05) is 59.0 Å². The molecule has 0 unspecified atom stereocenters. The SMILES string of the molecule is Cn1c(-c2cccc(C(=O)N3CCN(c4ccccc4)CC3)c2)nc2cccnc21. The first-order chi connectivity index (χ1) is 14.7. The quantitative estimate of drug-likeness (QED) is 0.530. The average Bonchev–Trinajstić information content (AvgIpc) is 3.16. The first-order valence-electron chi connectivity index (χ1n) is 10.2. The van der Waals surface area contributed by atoms with Gasteiger partial charge in [0.1, 0.15) is 11.3 Å². The predicted octanol–water partition coefficient (Wildman–Crippen LogP) is 3.60. The number of imidazole rings is 1. The van der Waals surface area contributed by atoms with Gasteiger partial charge in [-0.15, -0.1) is 0 Å². The number of piperazine rings is 1. The van der Waals surface area contributed by atoms with Crippen molar-refractivity contribution in [2.45, 2.75) is 0 Å². The summed E-state index contributed by atoms with van der Waals surface area (Å²) >= 11 is 0. The van der Waals surface area contributed by atoms with Gasteiger partial charge in [0.25, 0.3) is 5.91 Å². The summed E-state index contributed by atoms with van der Waals surface area (Å²) < 4.78 is 1.97. The second kappa shape index (κ2) is 7.63. The molecule has 0 radical (unpaired) electrons. The van der Waals surface area contributed by atoms with Crippen LogP contribution in [0.2, 0.25) is 0 Å². The smallest absolute Gasteiger partial charge is 0.253 e. The molecule has 150 valence electrons. The number of aryl methyl sites for hydroxylation is 1. The number of fused-ring (bicyclic) bond motifs is 1. The van der Waals surface area contributed by atoms with Crippen molar-refractivity contribution >= 4 is 22.8 Å². The standard InChI is InChI=1S/C24H23N5O/c1-27-22(26-21-11-6-12-25-23(21)27)18-7-5-8-19(17-18)24(30)29-15-13-28(14-16-29)20-9-3-2-4-10-20/h2-12,17H,13-16H2,1H3. The molecule has 3 heterocycles. The summed E-state index contributed by atoms with van der Waals surface area (Å²) in [4.78, 5) is 26.5. The fourth-order valence-electron chi connectivity index (χ4n) is 4.06. The van der Waals surface area contributed by atoms with E-state index in [0.29, 0.717) is 18.7 Å². The molecular weight excluding hydrogens is 374 g/mol. The highest BCUT2D eigenvalue weighted by molar-refractivity contribution is 5.95. The van der Waals surface area contributed by atoms with Gasteiger partial charge in [-0.05, 0) is 36.4 Å². The topological polar surface area (TPSA) is 54.3 Å². The number of carbonyl (C=O) groups excluding carboxylic acids is 1. The number of hydrogen-bond donors (Lipinski definition) is 0. The molecule has 1 fully saturated rings. The Bertz CT molecular complexity index is 1190. The third-order valence-corrected chi connectivity index (χ3v) is 5.68. The Morgan fingerprint density at radius 2 is 1.70 bits per heavy atom. The van der Waals surface area contributed by atoms with Crippen molar-refractivity contribution in [1.82, 2.24) is 19.4 Å². The van der Waals surface area contributed by atoms with E-state index in [2.05, 4.69) is 34.1 Å². The lowest BCUT2D eigenvalue weighted by molar-refractivity contribution is 0.0747. The lowest BCUT2D eigenvalue weighted by Gasteiger charge is -2.36. The van der Waals surface area contributed by atoms with Gasteiger partial charge in [0.15, 0.2) is 5.65 Å². The second-order valence-corrected chi connectivity index (χ2v) is 7.54. The Kier molecular flexibility index (Phi) is 4.67. The van der Waals surface area contributed by atoms with Crippen molar-refractivity contribution < 1.29 is 4.79 Å². The maximum Gasteiger partial charge on any atom is 0.253 e. The van der Waals surface area contributed by atoms with Crippen LogP contribution in [0.25, 0.3) is 22.6 Å². The van der Waals surface area contributed by atoms with Crippen LogP contribution < -0.4 is 4.90 Å². The lowest BCUT2D eigenvalue weighted by Crippen LogP contribution is -2.48. The molecule has 0 saturated carbocycles. The van der Waals surface area contributed by atoms with Gasteiger partial charge in [0, 0.05) is 56.2 Å². The Balaban J connectivity index is 1.35. The van der Waals surface area contributed by atoms with Crippen LogP contribution in [0.15, 0.2) is 72.9 Å². The summed E-state index contributed by atoms with van der Waals surface area (Å²) in [6, 6.07) is 21.9. The molecule has 0 aliphatic carbocycles. The van der Waals surface area contributed by atoms with E-state index in [1.54, 1.807) is 6.20 Å². The number of benzene rings is 2. The maximum atomic E-state index is 13.2. The second-order valence-electron chi connectivity index (χ2n) is 7.54. The van der Waals surface area contributed by atoms with E-state index in [1.165, 1.54) is 5.69 Å². The number of hydrogen-bond acceptors (Lipinski definition) is 4. The Labute approximate surface area is 175 Å². The van der Waals surface area contributed by atoms with E-state index in [0.717, 1.165) is 35.6 Å². The molecule has 5 rings (SSSR count). The molecule has 6 heteroatoms. The summed E-state index contributed by atoms with van der Waals surface area (Å²) in [5.74, 6) is 0.883. The minimum Gasteiger partial charge on any atom is -0.368 e. The summed E-state index contributed by atoms with van der Waals surface area (Å²) in [6.07, 6.45) is 1.77. The van der Waals surface area contributed by atoms with E-state index in [-0.39, 0.29) is 5.91 Å². The summed E-state index contributed by atoms with van der Waals surface area (Å²) in [5, 5.41) is 0. The maximum absolute atomic E-state index is 13.2. The third kappa shape index (κ3) is 3.30. The molecular formula is C24H23N5O. The molecule has 2 aromatic heterocycles. The van der Waals surface area contributed by atoms with E-state index in [4.69, 9.17) is 4.98 Å². The van der Waals surface area contributed by atoms with Gasteiger partial charge in [-0.3, -0.25) is 4.79 Å². The van der Waals surface area contributed by atoms with Gasteiger partial charge < -0.3 is 14.4 Å². The van der Waals surface area contributed by atoms with Crippen molar-refractivity contribution in [3.05, 3.63) is 78.5 Å². The summed E-state index contributed by atoms with van der Waals surface area (Å²) in [6.45, 7) is 3.11. The first kappa shape index (κ1) is 18.4. The number of rotatable bonds is 3. The fraction of sp³-hybridized carbons (Fsp3) is 0.208. The minimum absolute atomic E-state index is 0.0708. The van der Waals surface area contributed by atoms with E-state index < -0.39 is 0 Å². The minimum atomic E-state index is 0.0708. The highest BCUT2D eigenvalue weighted by Gasteiger charge is 2.23. The molecule has 1 aliphatic rings. The molecule has 1 aliphatic heterocycles. The Morgan fingerprint density at radius 3 is 2.47 bits per heavy atom. The van der Waals surface area contributed by atoms with Crippen LogP contribution in [-0.2, 0) is 7.05 Å². The van der Waals surface area contributed by atoms with E-state index >= 15 is 0 Å². The highest BCUT2D eigenvalue weighted by Crippen LogP contribution is 2.24. The van der Waals surface area contributed by atoms with Crippen molar-refractivity contribution in [2.24, 2.45) is 7.05 Å². The van der Waals surface area contributed by atoms with Crippen LogP contribution in [0.5, 0.6) is 0 Å². The van der Waals surface area contributed by atoms with Crippen LogP contribution in [0.4, 0.5) is 5.69 Å². The molecule has 0 atom stereocenters. The number of carbonyl (C=O) groups is 1. The van der Waals surface area contributed by atoms with Gasteiger partial charge in [-0.1, -0.05) is 30.3 Å². The van der Waals surface area contributed by atoms with Crippen molar-refractivity contribution in [3.8, 4) is 11.4 Å². The zero-order valence-corrected chi connectivity index (χ0v) is 16.9. The summed E-state index contributed by atoms with van der Waals surface area (Å²) in [7, 11) is 1.95. The number of anilines is 1. The van der Waals surface area contributed by atoms with Crippen LogP contribution in [-0.4, -0.2) is 51.5 Å². The lowest BCUT2D eigenvalue weighted by atomic mass is 10.1. The molecule has 0 bridgehead atoms. The third-order valence-electron chi connectivity index (χ3n) is 5.68. The zero-order chi connectivity index (χ0) is 20.5. The molecule has 6 nitrogen and oxygen atoms in total. The number of amides is 1. The first-order valence-corrected chi connectivity index (χ1v) is 10.2. The van der Waals surface area contributed by atoms with Gasteiger partial charge in [0.2, 0.25) is 0 Å². The molecule has 0 N–H and O–H groups in total. The molecule has 4 aromatic rings. The average molecular weight is 397 g/mol. The van der Waals surface area contributed by atoms with Crippen molar-refractivity contribution in [1.29, 1.82) is 0 Å². The molecule has 2 aromatic carbocycles. The van der Waals surface area contributed by atoms with Gasteiger partial charge >= 0.3 is 0 Å². The van der Waals surface area contributed by atoms with Crippen molar-refractivity contribution in [2.75, 3.05) is 31.1 Å². The Hall–Kier alpha value is -3.67. The molecule has 0 spiro atoms. The van der Waals surface area contributed by atoms with E-state index in [9.17, 15) is 4.79 Å². The van der Waals surface area contributed by atoms with Crippen LogP contribution in [0.3, 0.4) is 0 Å². The number of para-hydroxylation sites is 1. The molecule has 1 amide bonds. The van der Waals surface area contributed by atoms with Crippen molar-refractivity contribution in [3.63, 3.8) is 0 Å². The van der Waals surface area contributed by atoms with Gasteiger partial charge in [-0.25, -0.2) is 9.97 Å². The monoisotopic (exact) mass is 397 g/mol. The molecule has 30 heavy (non-hydrogen) atoms. The molecule has 1 saturated heterocycles. The van der Waals surface area contributed by atoms with Gasteiger partial charge in [0.05, 0.1) is 0 Å². The Morgan fingerprint density at radius 1 is 0.900 bits per heavy atom. The number of aromatic nitrogens is 3. The predicted molar refractivity (Wildman–Crippen MR) is 119 cm³/mol. The van der Waals surface area contributed by atoms with Gasteiger partial charge in [-0.2, -0.15) is 0 Å². The van der Waals surface area contributed by atoms with Crippen LogP contribution >= 0.6 is 0 Å². The zero-order valence-electron chi connectivity index (χ0n) is 16.9.